The number of pyridine rings is 1. The summed E-state index contributed by atoms with van der Waals surface area (Å²) < 4.78 is 42.5. The van der Waals surface area contributed by atoms with Crippen molar-refractivity contribution in [2.24, 2.45) is 7.05 Å². The average Bonchev–Trinajstić information content (AvgIpc) is 3.04. The van der Waals surface area contributed by atoms with Crippen LogP contribution in [0.3, 0.4) is 0 Å². The molecule has 9 heteroatoms. The van der Waals surface area contributed by atoms with E-state index in [0.29, 0.717) is 25.1 Å². The quantitative estimate of drug-likeness (QED) is 0.663. The fourth-order valence-corrected chi connectivity index (χ4v) is 3.63. The Bertz CT molecular complexity index is 1030. The monoisotopic (exact) mass is 402 g/mol. The number of rotatable bonds is 3. The zero-order valence-corrected chi connectivity index (χ0v) is 16.4. The van der Waals surface area contributed by atoms with Crippen molar-refractivity contribution < 1.29 is 13.2 Å². The summed E-state index contributed by atoms with van der Waals surface area (Å²) >= 11 is 0. The summed E-state index contributed by atoms with van der Waals surface area (Å²) in [7, 11) is 1.99. The summed E-state index contributed by atoms with van der Waals surface area (Å²) in [6.45, 7) is 5.13. The van der Waals surface area contributed by atoms with Crippen LogP contribution < -0.4 is 4.90 Å². The summed E-state index contributed by atoms with van der Waals surface area (Å²) in [5.74, 6) is 1.54. The smallest absolute Gasteiger partial charge is 0.350 e. The van der Waals surface area contributed by atoms with E-state index in [4.69, 9.17) is 4.98 Å². The van der Waals surface area contributed by atoms with Gasteiger partial charge in [-0.15, -0.1) is 0 Å². The van der Waals surface area contributed by atoms with Crippen molar-refractivity contribution in [2.75, 3.05) is 11.4 Å². The van der Waals surface area contributed by atoms with Gasteiger partial charge >= 0.3 is 6.18 Å². The molecule has 3 aromatic heterocycles. The van der Waals surface area contributed by atoms with Gasteiger partial charge < -0.3 is 9.47 Å². The van der Waals surface area contributed by atoms with E-state index in [-0.39, 0.29) is 17.6 Å². The van der Waals surface area contributed by atoms with Gasteiger partial charge in [-0.2, -0.15) is 13.2 Å². The molecule has 4 rings (SSSR count). The van der Waals surface area contributed by atoms with Crippen molar-refractivity contribution >= 4 is 5.82 Å². The molecule has 4 heterocycles. The van der Waals surface area contributed by atoms with Gasteiger partial charge in [-0.05, 0) is 12.1 Å². The van der Waals surface area contributed by atoms with Gasteiger partial charge in [0, 0.05) is 55.6 Å². The van der Waals surface area contributed by atoms with Gasteiger partial charge in [0.1, 0.15) is 11.6 Å². The zero-order chi connectivity index (χ0) is 20.8. The predicted octanol–water partition coefficient (Wildman–Crippen LogP) is 3.98. The lowest BCUT2D eigenvalue weighted by atomic mass is 10.1. The highest BCUT2D eigenvalue weighted by Crippen LogP contribution is 2.33. The number of alkyl halides is 3. The number of hydrogen-bond donors (Lipinski definition) is 0. The number of imidazole rings is 1. The minimum Gasteiger partial charge on any atom is -0.350 e. The van der Waals surface area contributed by atoms with Crippen LogP contribution in [0.15, 0.2) is 30.6 Å². The Labute approximate surface area is 166 Å². The molecule has 0 saturated carbocycles. The van der Waals surface area contributed by atoms with Crippen LogP contribution in [0.1, 0.15) is 42.7 Å². The molecular weight excluding hydrogens is 381 g/mol. The summed E-state index contributed by atoms with van der Waals surface area (Å²) in [4.78, 5) is 18.6. The molecule has 0 aliphatic carbocycles. The predicted molar refractivity (Wildman–Crippen MR) is 102 cm³/mol. The second-order valence-corrected chi connectivity index (χ2v) is 7.42. The molecule has 0 atom stereocenters. The van der Waals surface area contributed by atoms with Crippen LogP contribution in [0, 0.1) is 0 Å². The summed E-state index contributed by atoms with van der Waals surface area (Å²) in [5.41, 5.74) is 1.55. The minimum absolute atomic E-state index is 0.0342. The summed E-state index contributed by atoms with van der Waals surface area (Å²) in [5, 5.41) is 0. The van der Waals surface area contributed by atoms with Gasteiger partial charge in [0.25, 0.3) is 0 Å². The zero-order valence-electron chi connectivity index (χ0n) is 16.4. The van der Waals surface area contributed by atoms with E-state index in [1.165, 1.54) is 12.4 Å². The molecule has 0 fully saturated rings. The largest absolute Gasteiger partial charge is 0.433 e. The van der Waals surface area contributed by atoms with Crippen molar-refractivity contribution in [1.82, 2.24) is 24.5 Å². The molecule has 29 heavy (non-hydrogen) atoms. The van der Waals surface area contributed by atoms with Crippen LogP contribution in [0.4, 0.5) is 19.0 Å². The van der Waals surface area contributed by atoms with Gasteiger partial charge in [-0.3, -0.25) is 4.98 Å². The van der Waals surface area contributed by atoms with Crippen LogP contribution in [0.5, 0.6) is 0 Å². The number of nitrogens with zero attached hydrogens (tertiary/aromatic N) is 6. The lowest BCUT2D eigenvalue weighted by Gasteiger charge is -2.28. The number of anilines is 1. The Kier molecular flexibility index (Phi) is 4.76. The Morgan fingerprint density at radius 3 is 2.45 bits per heavy atom. The first-order valence-electron chi connectivity index (χ1n) is 9.40. The number of hydrogen-bond acceptors (Lipinski definition) is 5. The Hall–Kier alpha value is -2.97. The summed E-state index contributed by atoms with van der Waals surface area (Å²) in [6, 6.07) is 4.21. The fraction of sp³-hybridized carbons (Fsp3) is 0.400. The highest BCUT2D eigenvalue weighted by molar-refractivity contribution is 5.58. The molecule has 1 aliphatic rings. The molecule has 0 saturated heterocycles. The number of aromatic nitrogens is 5. The Morgan fingerprint density at radius 2 is 1.79 bits per heavy atom. The topological polar surface area (TPSA) is 59.7 Å². The van der Waals surface area contributed by atoms with E-state index in [9.17, 15) is 13.2 Å². The first-order valence-corrected chi connectivity index (χ1v) is 9.40. The van der Waals surface area contributed by atoms with E-state index in [0.717, 1.165) is 23.3 Å². The molecule has 0 radical (unpaired) electrons. The maximum atomic E-state index is 13.5. The molecule has 3 aromatic rings. The number of fused-ring (bicyclic) bond motifs is 1. The summed E-state index contributed by atoms with van der Waals surface area (Å²) in [6.07, 6.45) is -0.849. The first-order chi connectivity index (χ1) is 13.7. The molecular formula is C20H21F3N6. The third-order valence-corrected chi connectivity index (χ3v) is 5.07. The van der Waals surface area contributed by atoms with Crippen LogP contribution in [0.25, 0.3) is 11.4 Å². The minimum atomic E-state index is -4.56. The molecule has 0 bridgehead atoms. The van der Waals surface area contributed by atoms with Crippen molar-refractivity contribution in [3.63, 3.8) is 0 Å². The van der Waals surface area contributed by atoms with Gasteiger partial charge in [0.15, 0.2) is 11.5 Å². The van der Waals surface area contributed by atoms with E-state index < -0.39 is 11.9 Å². The fourth-order valence-electron chi connectivity index (χ4n) is 3.63. The van der Waals surface area contributed by atoms with Crippen molar-refractivity contribution in [3.8, 4) is 11.4 Å². The maximum Gasteiger partial charge on any atom is 0.433 e. The molecule has 1 aliphatic heterocycles. The third kappa shape index (κ3) is 3.68. The van der Waals surface area contributed by atoms with Gasteiger partial charge in [-0.1, -0.05) is 13.8 Å². The van der Waals surface area contributed by atoms with Crippen molar-refractivity contribution in [3.05, 3.63) is 53.5 Å². The molecule has 0 unspecified atom stereocenters. The molecule has 0 amide bonds. The normalized spacial score (nSPS) is 14.4. The Morgan fingerprint density at radius 1 is 1.07 bits per heavy atom. The van der Waals surface area contributed by atoms with E-state index in [1.54, 1.807) is 12.1 Å². The van der Waals surface area contributed by atoms with Crippen LogP contribution in [0.2, 0.25) is 0 Å². The first kappa shape index (κ1) is 19.4. The molecule has 0 aromatic carbocycles. The average molecular weight is 402 g/mol. The highest BCUT2D eigenvalue weighted by Gasteiger charge is 2.35. The van der Waals surface area contributed by atoms with Crippen LogP contribution in [-0.2, 0) is 26.2 Å². The Balaban J connectivity index is 1.74. The van der Waals surface area contributed by atoms with Gasteiger partial charge in [-0.25, -0.2) is 15.0 Å². The van der Waals surface area contributed by atoms with E-state index >= 15 is 0 Å². The molecule has 152 valence electrons. The second-order valence-electron chi connectivity index (χ2n) is 7.42. The molecule has 6 nitrogen and oxygen atoms in total. The van der Waals surface area contributed by atoms with Crippen LogP contribution >= 0.6 is 0 Å². The number of halogens is 3. The van der Waals surface area contributed by atoms with Gasteiger partial charge in [0.05, 0.1) is 12.2 Å². The van der Waals surface area contributed by atoms with Crippen LogP contribution in [-0.4, -0.2) is 31.0 Å². The van der Waals surface area contributed by atoms with E-state index in [2.05, 4.69) is 33.4 Å². The standard InChI is InChI=1S/C20H21F3N6/c1-12(2)19-25-14-11-29(9-6-15(14)28(19)3)17-10-16(20(21,22)23)26-18(27-17)13-4-7-24-8-5-13/h4-5,7-8,10,12H,6,9,11H2,1-3H3. The highest BCUT2D eigenvalue weighted by atomic mass is 19.4. The SMILES string of the molecule is CC(C)c1nc2c(n1C)CCN(c1cc(C(F)(F)F)nc(-c3ccncc3)n1)C2. The lowest BCUT2D eigenvalue weighted by Crippen LogP contribution is -2.32. The third-order valence-electron chi connectivity index (χ3n) is 5.07. The van der Waals surface area contributed by atoms with E-state index in [1.807, 2.05) is 11.9 Å². The van der Waals surface area contributed by atoms with Crippen molar-refractivity contribution in [2.45, 2.75) is 38.9 Å². The van der Waals surface area contributed by atoms with Gasteiger partial charge in [0.2, 0.25) is 0 Å². The molecule has 0 N–H and O–H groups in total. The lowest BCUT2D eigenvalue weighted by molar-refractivity contribution is -0.141. The molecule has 0 spiro atoms. The maximum absolute atomic E-state index is 13.5. The van der Waals surface area contributed by atoms with Crippen molar-refractivity contribution in [1.29, 1.82) is 0 Å². The second kappa shape index (κ2) is 7.13.